The first-order valence-corrected chi connectivity index (χ1v) is 11.3. The second-order valence-electron chi connectivity index (χ2n) is 9.47. The zero-order valence-electron chi connectivity index (χ0n) is 15.5. The molecule has 0 heterocycles. The van der Waals surface area contributed by atoms with E-state index < -0.39 is 25.5 Å². The van der Waals surface area contributed by atoms with Crippen molar-refractivity contribution in [3.05, 3.63) is 11.6 Å². The van der Waals surface area contributed by atoms with Gasteiger partial charge in [0.15, 0.2) is 0 Å². The summed E-state index contributed by atoms with van der Waals surface area (Å²) in [6.45, 7) is 4.26. The molecule has 0 amide bonds. The van der Waals surface area contributed by atoms with Gasteiger partial charge in [0.25, 0.3) is 0 Å². The third-order valence-electron chi connectivity index (χ3n) is 8.22. The maximum Gasteiger partial charge on any atom is 0.469 e. The van der Waals surface area contributed by atoms with Crippen LogP contribution in [0.1, 0.15) is 58.8 Å². The summed E-state index contributed by atoms with van der Waals surface area (Å²) in [6.07, 6.45) is 5.04. The van der Waals surface area contributed by atoms with Crippen LogP contribution in [0.4, 0.5) is 4.39 Å². The normalized spacial score (nSPS) is 51.2. The maximum atomic E-state index is 14.8. The third kappa shape index (κ3) is 2.84. The van der Waals surface area contributed by atoms with Gasteiger partial charge < -0.3 is 14.9 Å². The van der Waals surface area contributed by atoms with E-state index in [0.29, 0.717) is 18.3 Å². The number of phosphoric acid groups is 1. The number of halogens is 1. The van der Waals surface area contributed by atoms with Crippen molar-refractivity contribution in [3.63, 3.8) is 0 Å². The van der Waals surface area contributed by atoms with Gasteiger partial charge in [0, 0.05) is 5.41 Å². The molecule has 0 radical (unpaired) electrons. The van der Waals surface area contributed by atoms with E-state index in [1.165, 1.54) is 5.57 Å². The van der Waals surface area contributed by atoms with Crippen LogP contribution in [0.15, 0.2) is 11.6 Å². The van der Waals surface area contributed by atoms with Crippen molar-refractivity contribution < 1.29 is 28.4 Å². The number of aliphatic hydroxyl groups excluding tert-OH is 1. The average Bonchev–Trinajstić information content (AvgIpc) is 2.78. The number of phosphoric ester groups is 1. The lowest BCUT2D eigenvalue weighted by Crippen LogP contribution is -2.51. The molecule has 8 atom stereocenters. The number of hydrogen-bond acceptors (Lipinski definition) is 3. The van der Waals surface area contributed by atoms with Crippen LogP contribution in [-0.2, 0) is 9.09 Å². The topological polar surface area (TPSA) is 87.0 Å². The largest absolute Gasteiger partial charge is 0.469 e. The fraction of sp³-hybridized carbons (Fsp3) is 0.895. The van der Waals surface area contributed by atoms with Crippen LogP contribution in [0.2, 0.25) is 0 Å². The van der Waals surface area contributed by atoms with Gasteiger partial charge in [-0.05, 0) is 68.1 Å². The van der Waals surface area contributed by atoms with Gasteiger partial charge in [-0.25, -0.2) is 8.96 Å². The first-order chi connectivity index (χ1) is 12.0. The molecule has 148 valence electrons. The minimum Gasteiger partial charge on any atom is -0.393 e. The fourth-order valence-electron chi connectivity index (χ4n) is 6.90. The molecule has 3 fully saturated rings. The molecule has 3 N–H and O–H groups in total. The Labute approximate surface area is 154 Å². The Balaban J connectivity index is 1.64. The van der Waals surface area contributed by atoms with E-state index >= 15 is 0 Å². The van der Waals surface area contributed by atoms with Gasteiger partial charge in [-0.15, -0.1) is 0 Å². The summed E-state index contributed by atoms with van der Waals surface area (Å²) in [4.78, 5) is 18.5. The number of aliphatic hydroxyl groups is 1. The SMILES string of the molecule is C[C@]12CC[C@H]3[C@@H](CC=C4C[C@@H](O)CC[C@@]43C)[C@@H]1C[C@@H](F)[C@@H]2OP(=O)(O)O. The summed E-state index contributed by atoms with van der Waals surface area (Å²) in [5, 5.41) is 10.0. The van der Waals surface area contributed by atoms with Crippen molar-refractivity contribution in [3.8, 4) is 0 Å². The molecule has 5 nitrogen and oxygen atoms in total. The molecule has 0 aromatic rings. The second kappa shape index (κ2) is 6.12. The molecule has 0 saturated heterocycles. The first-order valence-electron chi connectivity index (χ1n) is 9.80. The van der Waals surface area contributed by atoms with E-state index in [0.717, 1.165) is 38.5 Å². The Morgan fingerprint density at radius 2 is 1.96 bits per heavy atom. The number of rotatable bonds is 2. The standard InChI is InChI=1S/C19H30FO5P/c1-18-7-5-12(21)9-11(18)3-4-13-14(18)6-8-19(2)15(13)10-16(20)17(19)25-26(22,23)24/h3,12-17,21H,4-10H2,1-2H3,(H2,22,23,24)/t12-,13+,14-,15-,16+,17-,18-,19-/m0/s1. The average molecular weight is 388 g/mol. The Hall–Kier alpha value is -0.260. The maximum absolute atomic E-state index is 14.8. The minimum absolute atomic E-state index is 0.0669. The Bertz CT molecular complexity index is 662. The van der Waals surface area contributed by atoms with Crippen LogP contribution in [0, 0.1) is 28.6 Å². The predicted octanol–water partition coefficient (Wildman–Crippen LogP) is 3.74. The molecule has 0 unspecified atom stereocenters. The van der Waals surface area contributed by atoms with Crippen LogP contribution < -0.4 is 0 Å². The Kier molecular flexibility index (Phi) is 4.49. The first kappa shape index (κ1) is 19.1. The van der Waals surface area contributed by atoms with Crippen molar-refractivity contribution in [1.29, 1.82) is 0 Å². The lowest BCUT2D eigenvalue weighted by atomic mass is 9.48. The summed E-state index contributed by atoms with van der Waals surface area (Å²) in [7, 11) is -4.72. The van der Waals surface area contributed by atoms with E-state index in [4.69, 9.17) is 4.52 Å². The van der Waals surface area contributed by atoms with E-state index in [9.17, 15) is 23.8 Å². The molecular weight excluding hydrogens is 358 g/mol. The highest BCUT2D eigenvalue weighted by molar-refractivity contribution is 7.46. The number of allylic oxidation sites excluding steroid dienone is 1. The molecule has 0 spiro atoms. The Morgan fingerprint density at radius 3 is 2.65 bits per heavy atom. The summed E-state index contributed by atoms with van der Waals surface area (Å²) < 4.78 is 31.1. The van der Waals surface area contributed by atoms with Crippen LogP contribution in [0.3, 0.4) is 0 Å². The smallest absolute Gasteiger partial charge is 0.393 e. The molecule has 4 aliphatic carbocycles. The zero-order valence-corrected chi connectivity index (χ0v) is 16.4. The monoisotopic (exact) mass is 388 g/mol. The van der Waals surface area contributed by atoms with Gasteiger partial charge in [-0.3, -0.25) is 4.52 Å². The predicted molar refractivity (Wildman–Crippen MR) is 94.9 cm³/mol. The molecule has 4 aliphatic rings. The van der Waals surface area contributed by atoms with Crippen molar-refractivity contribution in [2.45, 2.75) is 77.2 Å². The van der Waals surface area contributed by atoms with Gasteiger partial charge >= 0.3 is 7.82 Å². The number of hydrogen-bond donors (Lipinski definition) is 3. The molecule has 3 saturated carbocycles. The van der Waals surface area contributed by atoms with Crippen LogP contribution in [-0.4, -0.2) is 33.3 Å². The van der Waals surface area contributed by atoms with E-state index in [-0.39, 0.29) is 17.4 Å². The van der Waals surface area contributed by atoms with Crippen LogP contribution in [0.25, 0.3) is 0 Å². The van der Waals surface area contributed by atoms with Crippen molar-refractivity contribution in [2.75, 3.05) is 0 Å². The second-order valence-corrected chi connectivity index (χ2v) is 10.7. The number of fused-ring (bicyclic) bond motifs is 5. The quantitative estimate of drug-likeness (QED) is 0.496. The summed E-state index contributed by atoms with van der Waals surface area (Å²) >= 11 is 0. The van der Waals surface area contributed by atoms with Crippen LogP contribution >= 0.6 is 7.82 Å². The zero-order chi connectivity index (χ0) is 18.9. The fourth-order valence-corrected chi connectivity index (χ4v) is 7.57. The number of alkyl halides is 1. The summed E-state index contributed by atoms with van der Waals surface area (Å²) in [6, 6.07) is 0. The van der Waals surface area contributed by atoms with E-state index in [1.54, 1.807) is 0 Å². The van der Waals surface area contributed by atoms with E-state index in [2.05, 4.69) is 13.0 Å². The lowest BCUT2D eigenvalue weighted by molar-refractivity contribution is -0.0741. The highest BCUT2D eigenvalue weighted by Crippen LogP contribution is 2.66. The van der Waals surface area contributed by atoms with Crippen molar-refractivity contribution in [2.24, 2.45) is 28.6 Å². The molecule has 0 aliphatic heterocycles. The van der Waals surface area contributed by atoms with Gasteiger partial charge in [0.05, 0.1) is 6.10 Å². The molecule has 0 aromatic carbocycles. The molecule has 0 aromatic heterocycles. The minimum atomic E-state index is -4.72. The highest BCUT2D eigenvalue weighted by Gasteiger charge is 2.62. The van der Waals surface area contributed by atoms with Gasteiger partial charge in [-0.1, -0.05) is 25.5 Å². The molecule has 4 rings (SSSR count). The molecule has 26 heavy (non-hydrogen) atoms. The van der Waals surface area contributed by atoms with Gasteiger partial charge in [0.2, 0.25) is 0 Å². The molecular formula is C19H30FO5P. The third-order valence-corrected chi connectivity index (χ3v) is 8.73. The lowest BCUT2D eigenvalue weighted by Gasteiger charge is -2.57. The Morgan fingerprint density at radius 1 is 1.23 bits per heavy atom. The van der Waals surface area contributed by atoms with Crippen molar-refractivity contribution in [1.82, 2.24) is 0 Å². The summed E-state index contributed by atoms with van der Waals surface area (Å²) in [5.41, 5.74) is 0.897. The highest BCUT2D eigenvalue weighted by atomic mass is 31.2. The molecule has 7 heteroatoms. The van der Waals surface area contributed by atoms with E-state index in [1.807, 2.05) is 6.92 Å². The van der Waals surface area contributed by atoms with Crippen LogP contribution in [0.5, 0.6) is 0 Å². The van der Waals surface area contributed by atoms with Crippen molar-refractivity contribution >= 4 is 7.82 Å². The van der Waals surface area contributed by atoms with Gasteiger partial charge in [0.1, 0.15) is 12.3 Å². The van der Waals surface area contributed by atoms with Gasteiger partial charge in [-0.2, -0.15) is 0 Å². The summed E-state index contributed by atoms with van der Waals surface area (Å²) in [5.74, 6) is 0.852. The molecule has 0 bridgehead atoms.